The van der Waals surface area contributed by atoms with Crippen molar-refractivity contribution in [3.63, 3.8) is 0 Å². The van der Waals surface area contributed by atoms with Crippen molar-refractivity contribution in [2.45, 2.75) is 13.8 Å². The van der Waals surface area contributed by atoms with Crippen molar-refractivity contribution in [1.82, 2.24) is 14.8 Å². The van der Waals surface area contributed by atoms with Crippen LogP contribution in [-0.2, 0) is 0 Å². The van der Waals surface area contributed by atoms with Crippen LogP contribution in [0.3, 0.4) is 0 Å². The van der Waals surface area contributed by atoms with Gasteiger partial charge in [0.2, 0.25) is 0 Å². The lowest BCUT2D eigenvalue weighted by atomic mass is 10.1. The van der Waals surface area contributed by atoms with Crippen LogP contribution >= 0.6 is 0 Å². The molecule has 1 aromatic heterocycles. The van der Waals surface area contributed by atoms with Gasteiger partial charge in [0.05, 0.1) is 0 Å². The minimum absolute atomic E-state index is 0.0787. The summed E-state index contributed by atoms with van der Waals surface area (Å²) in [7, 11) is 0. The fourth-order valence-electron chi connectivity index (χ4n) is 3.15. The molecular weight excluding hydrogens is 356 g/mol. The van der Waals surface area contributed by atoms with Gasteiger partial charge in [0.25, 0.3) is 11.8 Å². The number of likely N-dealkylation sites (N-methyl/N-ethyl adjacent to an activating group) is 1. The summed E-state index contributed by atoms with van der Waals surface area (Å²) in [5.74, 6) is -0.595. The first-order chi connectivity index (χ1) is 13.5. The summed E-state index contributed by atoms with van der Waals surface area (Å²) in [5.41, 5.74) is 1.63. The quantitative estimate of drug-likeness (QED) is 0.805. The maximum absolute atomic E-state index is 12.8. The normalized spacial score (nSPS) is 14.6. The highest BCUT2D eigenvalue weighted by molar-refractivity contribution is 6.05. The number of ketones is 1. The number of piperazine rings is 1. The van der Waals surface area contributed by atoms with Gasteiger partial charge in [-0.1, -0.05) is 19.1 Å². The Kier molecular flexibility index (Phi) is 6.16. The van der Waals surface area contributed by atoms with Crippen LogP contribution in [0.5, 0.6) is 0 Å². The molecule has 0 unspecified atom stereocenters. The molecule has 0 saturated carbocycles. The van der Waals surface area contributed by atoms with Gasteiger partial charge in [-0.25, -0.2) is 0 Å². The van der Waals surface area contributed by atoms with Crippen molar-refractivity contribution < 1.29 is 14.4 Å². The van der Waals surface area contributed by atoms with Gasteiger partial charge in [0.1, 0.15) is 5.69 Å². The second kappa shape index (κ2) is 8.75. The van der Waals surface area contributed by atoms with Crippen molar-refractivity contribution in [3.8, 4) is 0 Å². The topological polar surface area (TPSA) is 82.6 Å². The first-order valence-corrected chi connectivity index (χ1v) is 9.38. The Hall–Kier alpha value is -3.06. The third-order valence-electron chi connectivity index (χ3n) is 4.87. The van der Waals surface area contributed by atoms with Crippen LogP contribution in [-0.4, -0.2) is 65.1 Å². The van der Waals surface area contributed by atoms with E-state index in [0.717, 1.165) is 19.6 Å². The minimum atomic E-state index is -0.425. The molecule has 3 rings (SSSR count). The van der Waals surface area contributed by atoms with Crippen LogP contribution in [0.2, 0.25) is 0 Å². The number of aromatic nitrogens is 1. The summed E-state index contributed by atoms with van der Waals surface area (Å²) in [6.07, 6.45) is 1.47. The second-order valence-electron chi connectivity index (χ2n) is 6.75. The van der Waals surface area contributed by atoms with Crippen LogP contribution in [0.4, 0.5) is 5.69 Å². The number of hydrogen-bond acceptors (Lipinski definition) is 5. The van der Waals surface area contributed by atoms with Crippen molar-refractivity contribution in [2.75, 3.05) is 38.0 Å². The molecule has 0 aliphatic carbocycles. The van der Waals surface area contributed by atoms with Crippen molar-refractivity contribution in [2.24, 2.45) is 0 Å². The van der Waals surface area contributed by atoms with Crippen LogP contribution in [0, 0.1) is 0 Å². The number of nitrogens with one attached hydrogen (secondary N) is 1. The molecule has 28 heavy (non-hydrogen) atoms. The largest absolute Gasteiger partial charge is 0.336 e. The first-order valence-electron chi connectivity index (χ1n) is 9.38. The zero-order valence-electron chi connectivity index (χ0n) is 16.1. The third-order valence-corrected chi connectivity index (χ3v) is 4.87. The predicted octanol–water partition coefficient (Wildman–Crippen LogP) is 2.31. The molecule has 0 bridgehead atoms. The molecule has 1 fully saturated rings. The second-order valence-corrected chi connectivity index (χ2v) is 6.75. The molecule has 1 aromatic carbocycles. The minimum Gasteiger partial charge on any atom is -0.336 e. The van der Waals surface area contributed by atoms with Gasteiger partial charge in [-0.05, 0) is 37.7 Å². The highest BCUT2D eigenvalue weighted by atomic mass is 16.2. The molecule has 2 aromatic rings. The standard InChI is InChI=1S/C21H24N4O3/c1-3-24-9-11-25(12-10-24)21(28)17-7-8-22-19(14-17)20(27)23-18-6-4-5-16(13-18)15(2)26/h4-8,13-14H,3,9-12H2,1-2H3,(H,23,27). The highest BCUT2D eigenvalue weighted by Gasteiger charge is 2.22. The fraction of sp³-hybridized carbons (Fsp3) is 0.333. The van der Waals surface area contributed by atoms with Gasteiger partial charge in [0.15, 0.2) is 5.78 Å². The number of pyridine rings is 1. The summed E-state index contributed by atoms with van der Waals surface area (Å²) in [5, 5.41) is 2.73. The van der Waals surface area contributed by atoms with E-state index in [2.05, 4.69) is 22.1 Å². The van der Waals surface area contributed by atoms with E-state index in [1.165, 1.54) is 19.2 Å². The molecule has 146 valence electrons. The molecule has 1 aliphatic rings. The molecule has 1 aliphatic heterocycles. The van der Waals surface area contributed by atoms with Crippen LogP contribution in [0.1, 0.15) is 45.1 Å². The number of rotatable bonds is 5. The van der Waals surface area contributed by atoms with Crippen LogP contribution in [0.15, 0.2) is 42.6 Å². The lowest BCUT2D eigenvalue weighted by molar-refractivity contribution is 0.0643. The van der Waals surface area contributed by atoms with Crippen molar-refractivity contribution in [3.05, 3.63) is 59.4 Å². The van der Waals surface area contributed by atoms with Gasteiger partial charge in [-0.2, -0.15) is 0 Å². The van der Waals surface area contributed by atoms with Crippen LogP contribution < -0.4 is 5.32 Å². The number of amides is 2. The van der Waals surface area contributed by atoms with E-state index in [0.29, 0.717) is 29.9 Å². The zero-order valence-corrected chi connectivity index (χ0v) is 16.1. The molecule has 1 saturated heterocycles. The number of carbonyl (C=O) groups excluding carboxylic acids is 3. The molecule has 2 amide bonds. The summed E-state index contributed by atoms with van der Waals surface area (Å²) in [6.45, 7) is 7.62. The number of benzene rings is 1. The summed E-state index contributed by atoms with van der Waals surface area (Å²) in [4.78, 5) is 45.0. The fourth-order valence-corrected chi connectivity index (χ4v) is 3.15. The van der Waals surface area contributed by atoms with Gasteiger partial charge >= 0.3 is 0 Å². The Balaban J connectivity index is 1.70. The molecule has 2 heterocycles. The van der Waals surface area contributed by atoms with E-state index < -0.39 is 5.91 Å². The number of nitrogens with zero attached hydrogens (tertiary/aromatic N) is 3. The molecule has 0 radical (unpaired) electrons. The number of anilines is 1. The summed E-state index contributed by atoms with van der Waals surface area (Å²) < 4.78 is 0. The van der Waals surface area contributed by atoms with E-state index in [-0.39, 0.29) is 17.4 Å². The van der Waals surface area contributed by atoms with Gasteiger partial charge in [-0.3, -0.25) is 19.4 Å². The number of carbonyl (C=O) groups is 3. The van der Waals surface area contributed by atoms with E-state index in [1.54, 1.807) is 35.2 Å². The Labute approximate surface area is 164 Å². The van der Waals surface area contributed by atoms with E-state index in [1.807, 2.05) is 0 Å². The van der Waals surface area contributed by atoms with Gasteiger partial charge < -0.3 is 15.1 Å². The lowest BCUT2D eigenvalue weighted by Crippen LogP contribution is -2.48. The highest BCUT2D eigenvalue weighted by Crippen LogP contribution is 2.14. The van der Waals surface area contributed by atoms with Crippen molar-refractivity contribution in [1.29, 1.82) is 0 Å². The molecule has 7 nitrogen and oxygen atoms in total. The molecule has 1 N–H and O–H groups in total. The third kappa shape index (κ3) is 4.61. The maximum atomic E-state index is 12.8. The summed E-state index contributed by atoms with van der Waals surface area (Å²) in [6, 6.07) is 9.85. The molecular formula is C21H24N4O3. The predicted molar refractivity (Wildman–Crippen MR) is 107 cm³/mol. The lowest BCUT2D eigenvalue weighted by Gasteiger charge is -2.34. The van der Waals surface area contributed by atoms with E-state index in [9.17, 15) is 14.4 Å². The Morgan fingerprint density at radius 2 is 1.79 bits per heavy atom. The van der Waals surface area contributed by atoms with E-state index >= 15 is 0 Å². The smallest absolute Gasteiger partial charge is 0.274 e. The Morgan fingerprint density at radius 3 is 2.46 bits per heavy atom. The maximum Gasteiger partial charge on any atom is 0.274 e. The Bertz CT molecular complexity index is 889. The molecule has 7 heteroatoms. The van der Waals surface area contributed by atoms with E-state index in [4.69, 9.17) is 0 Å². The summed E-state index contributed by atoms with van der Waals surface area (Å²) >= 11 is 0. The first kappa shape index (κ1) is 19.7. The Morgan fingerprint density at radius 1 is 1.04 bits per heavy atom. The van der Waals surface area contributed by atoms with Crippen LogP contribution in [0.25, 0.3) is 0 Å². The monoisotopic (exact) mass is 380 g/mol. The van der Waals surface area contributed by atoms with Gasteiger partial charge in [-0.15, -0.1) is 0 Å². The van der Waals surface area contributed by atoms with Crippen molar-refractivity contribution >= 4 is 23.3 Å². The molecule has 0 spiro atoms. The number of Topliss-reactive ketones (excluding diaryl/α,β-unsaturated/α-hetero) is 1. The SMILES string of the molecule is CCN1CCN(C(=O)c2ccnc(C(=O)Nc3cccc(C(C)=O)c3)c2)CC1. The van der Waals surface area contributed by atoms with Gasteiger partial charge in [0, 0.05) is 49.2 Å². The number of hydrogen-bond donors (Lipinski definition) is 1. The average molecular weight is 380 g/mol. The molecule has 0 atom stereocenters. The average Bonchev–Trinajstić information content (AvgIpc) is 2.73. The zero-order chi connectivity index (χ0) is 20.1.